The molecule has 1 heterocycles. The van der Waals surface area contributed by atoms with E-state index in [4.69, 9.17) is 0 Å². The molecule has 3 rings (SSSR count). The number of rotatable bonds is 3. The van der Waals surface area contributed by atoms with Crippen molar-refractivity contribution in [3.63, 3.8) is 0 Å². The summed E-state index contributed by atoms with van der Waals surface area (Å²) < 4.78 is 27.4. The van der Waals surface area contributed by atoms with E-state index < -0.39 is 11.6 Å². The average Bonchev–Trinajstić information content (AvgIpc) is 3.19. The Kier molecular flexibility index (Phi) is 5.40. The molecule has 4 atom stereocenters. The number of amides is 1. The highest BCUT2D eigenvalue weighted by Gasteiger charge is 2.47. The molecule has 0 bridgehead atoms. The van der Waals surface area contributed by atoms with Crippen LogP contribution in [-0.4, -0.2) is 24.5 Å². The van der Waals surface area contributed by atoms with E-state index in [9.17, 15) is 13.6 Å². The minimum absolute atomic E-state index is 0. The van der Waals surface area contributed by atoms with Crippen LogP contribution >= 0.6 is 12.4 Å². The van der Waals surface area contributed by atoms with Crippen molar-refractivity contribution in [1.29, 1.82) is 0 Å². The van der Waals surface area contributed by atoms with Crippen molar-refractivity contribution in [3.8, 4) is 0 Å². The first-order valence-electron chi connectivity index (χ1n) is 7.54. The summed E-state index contributed by atoms with van der Waals surface area (Å²) in [6.07, 6.45) is 2.34. The molecule has 1 amide bonds. The van der Waals surface area contributed by atoms with Crippen molar-refractivity contribution in [2.24, 2.45) is 5.92 Å². The van der Waals surface area contributed by atoms with Gasteiger partial charge in [-0.2, -0.15) is 0 Å². The van der Waals surface area contributed by atoms with E-state index in [0.717, 1.165) is 19.4 Å². The van der Waals surface area contributed by atoms with Crippen LogP contribution in [0.25, 0.3) is 0 Å². The lowest BCUT2D eigenvalue weighted by Gasteiger charge is -2.28. The number of carbonyl (C=O) groups is 1. The Morgan fingerprint density at radius 3 is 2.59 bits per heavy atom. The lowest BCUT2D eigenvalue weighted by Crippen LogP contribution is -2.47. The molecule has 122 valence electrons. The highest BCUT2D eigenvalue weighted by molar-refractivity contribution is 5.85. The molecule has 2 N–H and O–H groups in total. The molecule has 22 heavy (non-hydrogen) atoms. The minimum atomic E-state index is -0.550. The van der Waals surface area contributed by atoms with Crippen LogP contribution in [0.4, 0.5) is 8.78 Å². The summed E-state index contributed by atoms with van der Waals surface area (Å²) in [6, 6.07) is 4.41. The number of hydrogen-bond acceptors (Lipinski definition) is 2. The molecule has 1 saturated carbocycles. The van der Waals surface area contributed by atoms with Gasteiger partial charge in [0.2, 0.25) is 5.91 Å². The summed E-state index contributed by atoms with van der Waals surface area (Å²) in [5.74, 6) is -1.77. The SMILES string of the molecule is CC1CC(NC(=O)C2CC2c2c(F)cccc2F)CCN1.Cl. The third-order valence-electron chi connectivity index (χ3n) is 4.47. The summed E-state index contributed by atoms with van der Waals surface area (Å²) in [5, 5.41) is 6.36. The molecule has 1 aliphatic carbocycles. The van der Waals surface area contributed by atoms with E-state index in [1.165, 1.54) is 18.2 Å². The number of piperidine rings is 1. The number of nitrogens with one attached hydrogen (secondary N) is 2. The van der Waals surface area contributed by atoms with Crippen LogP contribution in [0.5, 0.6) is 0 Å². The number of halogens is 3. The second-order valence-electron chi connectivity index (χ2n) is 6.17. The van der Waals surface area contributed by atoms with Crippen molar-refractivity contribution in [1.82, 2.24) is 10.6 Å². The molecule has 4 unspecified atom stereocenters. The highest BCUT2D eigenvalue weighted by Crippen LogP contribution is 2.49. The van der Waals surface area contributed by atoms with Crippen molar-refractivity contribution < 1.29 is 13.6 Å². The zero-order valence-electron chi connectivity index (χ0n) is 12.4. The molecule has 0 radical (unpaired) electrons. The lowest BCUT2D eigenvalue weighted by atomic mass is 10.00. The van der Waals surface area contributed by atoms with E-state index in [-0.39, 0.29) is 41.8 Å². The van der Waals surface area contributed by atoms with E-state index in [0.29, 0.717) is 12.5 Å². The average molecular weight is 331 g/mol. The van der Waals surface area contributed by atoms with Gasteiger partial charge in [-0.25, -0.2) is 8.78 Å². The van der Waals surface area contributed by atoms with Gasteiger partial charge in [-0.15, -0.1) is 12.4 Å². The Hall–Kier alpha value is -1.20. The topological polar surface area (TPSA) is 41.1 Å². The first-order valence-corrected chi connectivity index (χ1v) is 7.54. The maximum absolute atomic E-state index is 13.7. The minimum Gasteiger partial charge on any atom is -0.353 e. The fourth-order valence-electron chi connectivity index (χ4n) is 3.24. The molecule has 1 saturated heterocycles. The van der Waals surface area contributed by atoms with Crippen LogP contribution < -0.4 is 10.6 Å². The number of hydrogen-bond donors (Lipinski definition) is 2. The van der Waals surface area contributed by atoms with Gasteiger partial charge in [0.1, 0.15) is 11.6 Å². The van der Waals surface area contributed by atoms with Crippen LogP contribution in [0.3, 0.4) is 0 Å². The highest BCUT2D eigenvalue weighted by atomic mass is 35.5. The summed E-state index contributed by atoms with van der Waals surface area (Å²) in [6.45, 7) is 2.98. The molecular formula is C16H21ClF2N2O. The molecule has 1 aromatic carbocycles. The van der Waals surface area contributed by atoms with Gasteiger partial charge in [0, 0.05) is 29.5 Å². The molecule has 2 fully saturated rings. The third-order valence-corrected chi connectivity index (χ3v) is 4.47. The van der Waals surface area contributed by atoms with E-state index in [1.807, 2.05) is 0 Å². The first kappa shape index (κ1) is 17.2. The van der Waals surface area contributed by atoms with Crippen LogP contribution in [0.15, 0.2) is 18.2 Å². The number of carbonyl (C=O) groups excluding carboxylic acids is 1. The molecule has 1 aliphatic heterocycles. The van der Waals surface area contributed by atoms with Crippen LogP contribution in [0.2, 0.25) is 0 Å². The Morgan fingerprint density at radius 1 is 1.27 bits per heavy atom. The monoisotopic (exact) mass is 330 g/mol. The molecular weight excluding hydrogens is 310 g/mol. The van der Waals surface area contributed by atoms with Crippen molar-refractivity contribution >= 4 is 18.3 Å². The van der Waals surface area contributed by atoms with Crippen molar-refractivity contribution in [2.75, 3.05) is 6.54 Å². The Balaban J connectivity index is 0.00000176. The predicted molar refractivity (Wildman–Crippen MR) is 83.1 cm³/mol. The van der Waals surface area contributed by atoms with Crippen LogP contribution in [-0.2, 0) is 4.79 Å². The Morgan fingerprint density at radius 2 is 1.95 bits per heavy atom. The van der Waals surface area contributed by atoms with E-state index >= 15 is 0 Å². The largest absolute Gasteiger partial charge is 0.353 e. The molecule has 2 aliphatic rings. The van der Waals surface area contributed by atoms with Gasteiger partial charge in [0.25, 0.3) is 0 Å². The van der Waals surface area contributed by atoms with Crippen LogP contribution in [0, 0.1) is 17.6 Å². The normalized spacial score (nSPS) is 30.3. The summed E-state index contributed by atoms with van der Waals surface area (Å²) in [5.41, 5.74) is 0.0660. The zero-order chi connectivity index (χ0) is 15.0. The molecule has 6 heteroatoms. The summed E-state index contributed by atoms with van der Waals surface area (Å²) in [4.78, 5) is 12.2. The van der Waals surface area contributed by atoms with Gasteiger partial charge < -0.3 is 10.6 Å². The Bertz CT molecular complexity index is 535. The van der Waals surface area contributed by atoms with Crippen molar-refractivity contribution in [2.45, 2.75) is 44.2 Å². The van der Waals surface area contributed by atoms with Gasteiger partial charge in [-0.05, 0) is 44.9 Å². The second-order valence-corrected chi connectivity index (χ2v) is 6.17. The zero-order valence-corrected chi connectivity index (χ0v) is 13.3. The Labute approximate surface area is 135 Å². The number of benzene rings is 1. The first-order chi connectivity index (χ1) is 10.1. The summed E-state index contributed by atoms with van der Waals surface area (Å²) in [7, 11) is 0. The molecule has 0 spiro atoms. The van der Waals surface area contributed by atoms with Crippen molar-refractivity contribution in [3.05, 3.63) is 35.4 Å². The van der Waals surface area contributed by atoms with Gasteiger partial charge >= 0.3 is 0 Å². The summed E-state index contributed by atoms with van der Waals surface area (Å²) >= 11 is 0. The van der Waals surface area contributed by atoms with Gasteiger partial charge in [0.05, 0.1) is 0 Å². The third kappa shape index (κ3) is 3.58. The molecule has 0 aromatic heterocycles. The van der Waals surface area contributed by atoms with E-state index in [1.54, 1.807) is 0 Å². The quantitative estimate of drug-likeness (QED) is 0.894. The van der Waals surface area contributed by atoms with E-state index in [2.05, 4.69) is 17.6 Å². The maximum Gasteiger partial charge on any atom is 0.223 e. The smallest absolute Gasteiger partial charge is 0.223 e. The maximum atomic E-state index is 13.7. The van der Waals surface area contributed by atoms with Crippen LogP contribution in [0.1, 0.15) is 37.7 Å². The standard InChI is InChI=1S/C16H20F2N2O.ClH/c1-9-7-10(5-6-19-9)20-16(21)12-8-11(12)15-13(17)3-2-4-14(15)18;/h2-4,9-12,19H,5-8H2,1H3,(H,20,21);1H. The molecule has 3 nitrogen and oxygen atoms in total. The fraction of sp³-hybridized carbons (Fsp3) is 0.562. The molecule has 1 aromatic rings. The predicted octanol–water partition coefficient (Wildman–Crippen LogP) is 2.75. The lowest BCUT2D eigenvalue weighted by molar-refractivity contribution is -0.123. The fourth-order valence-corrected chi connectivity index (χ4v) is 3.24. The van der Waals surface area contributed by atoms with Gasteiger partial charge in [0.15, 0.2) is 0 Å². The van der Waals surface area contributed by atoms with Gasteiger partial charge in [-0.1, -0.05) is 6.07 Å². The second kappa shape index (κ2) is 6.92. The van der Waals surface area contributed by atoms with Gasteiger partial charge in [-0.3, -0.25) is 4.79 Å².